The lowest BCUT2D eigenvalue weighted by atomic mass is 9.92. The van der Waals surface area contributed by atoms with Crippen molar-refractivity contribution in [3.63, 3.8) is 0 Å². The molecule has 2 heterocycles. The molecule has 0 atom stereocenters. The minimum Gasteiger partial charge on any atom is -0.457 e. The molecule has 1 fully saturated rings. The van der Waals surface area contributed by atoms with E-state index in [0.29, 0.717) is 17.9 Å². The van der Waals surface area contributed by atoms with Crippen LogP contribution >= 0.6 is 0 Å². The Morgan fingerprint density at radius 2 is 1.93 bits per heavy atom. The van der Waals surface area contributed by atoms with Gasteiger partial charge in [0.25, 0.3) is 0 Å². The number of benzene rings is 2. The topological polar surface area (TPSA) is 74.3 Å². The molecule has 0 amide bonds. The van der Waals surface area contributed by atoms with Crippen molar-refractivity contribution in [3.05, 3.63) is 53.2 Å². The van der Waals surface area contributed by atoms with Crippen LogP contribution in [0, 0.1) is 17.2 Å². The van der Waals surface area contributed by atoms with Crippen molar-refractivity contribution in [1.82, 2.24) is 15.4 Å². The first kappa shape index (κ1) is 20.4. The fourth-order valence-electron chi connectivity index (χ4n) is 4.07. The Hall–Kier alpha value is -2.88. The molecule has 1 aromatic heterocycles. The first-order valence-corrected chi connectivity index (χ1v) is 10.6. The van der Waals surface area contributed by atoms with E-state index in [0.717, 1.165) is 59.8 Å². The molecular formula is C24H28N4O2. The summed E-state index contributed by atoms with van der Waals surface area (Å²) in [6, 6.07) is 13.3. The van der Waals surface area contributed by atoms with E-state index in [1.54, 1.807) is 12.1 Å². The van der Waals surface area contributed by atoms with E-state index in [4.69, 9.17) is 14.5 Å². The standard InChI is InChI=1S/C24H28N4O2/c1-28(2)16-21-23(29-19-6-3-18(15-25)4-7-19)10-8-20-22(27-30-24(20)21)9-5-17-11-13-26-14-12-17/h3-4,6-8,10,17,26H,5,9,11-14,16H2,1-2H3. The quantitative estimate of drug-likeness (QED) is 0.626. The van der Waals surface area contributed by atoms with Gasteiger partial charge in [0, 0.05) is 11.9 Å². The van der Waals surface area contributed by atoms with Crippen molar-refractivity contribution in [1.29, 1.82) is 5.26 Å². The van der Waals surface area contributed by atoms with Gasteiger partial charge in [-0.2, -0.15) is 5.26 Å². The van der Waals surface area contributed by atoms with E-state index in [1.807, 2.05) is 32.3 Å². The molecule has 0 bridgehead atoms. The third kappa shape index (κ3) is 4.64. The van der Waals surface area contributed by atoms with Crippen molar-refractivity contribution in [2.75, 3.05) is 27.2 Å². The number of fused-ring (bicyclic) bond motifs is 1. The lowest BCUT2D eigenvalue weighted by Gasteiger charge is -2.21. The van der Waals surface area contributed by atoms with E-state index in [1.165, 1.54) is 12.8 Å². The van der Waals surface area contributed by atoms with Gasteiger partial charge in [-0.05, 0) is 95.2 Å². The van der Waals surface area contributed by atoms with Crippen molar-refractivity contribution in [2.45, 2.75) is 32.2 Å². The van der Waals surface area contributed by atoms with Crippen LogP contribution in [0.25, 0.3) is 11.0 Å². The number of rotatable bonds is 7. The van der Waals surface area contributed by atoms with Gasteiger partial charge in [-0.3, -0.25) is 0 Å². The van der Waals surface area contributed by atoms with E-state index in [2.05, 4.69) is 27.5 Å². The van der Waals surface area contributed by atoms with Crippen molar-refractivity contribution >= 4 is 11.0 Å². The summed E-state index contributed by atoms with van der Waals surface area (Å²) in [7, 11) is 4.05. The predicted molar refractivity (Wildman–Crippen MR) is 117 cm³/mol. The van der Waals surface area contributed by atoms with Crippen LogP contribution in [-0.4, -0.2) is 37.2 Å². The SMILES string of the molecule is CN(C)Cc1c(Oc2ccc(C#N)cc2)ccc2c(CCC3CCNCC3)noc12. The zero-order valence-electron chi connectivity index (χ0n) is 17.6. The molecule has 6 heteroatoms. The molecule has 4 rings (SSSR count). The van der Waals surface area contributed by atoms with Gasteiger partial charge in [-0.15, -0.1) is 0 Å². The largest absolute Gasteiger partial charge is 0.457 e. The number of ether oxygens (including phenoxy) is 1. The molecular weight excluding hydrogens is 376 g/mol. The minimum absolute atomic E-state index is 0.611. The third-order valence-corrected chi connectivity index (χ3v) is 5.71. The summed E-state index contributed by atoms with van der Waals surface area (Å²) in [6.07, 6.45) is 4.57. The molecule has 1 aliphatic rings. The highest BCUT2D eigenvalue weighted by atomic mass is 16.5. The summed E-state index contributed by atoms with van der Waals surface area (Å²) in [5.74, 6) is 2.21. The molecule has 1 N–H and O–H groups in total. The Labute approximate surface area is 177 Å². The second kappa shape index (κ2) is 9.29. The molecule has 0 radical (unpaired) electrons. The Morgan fingerprint density at radius 3 is 2.63 bits per heavy atom. The Balaban J connectivity index is 1.59. The molecule has 30 heavy (non-hydrogen) atoms. The maximum absolute atomic E-state index is 8.99. The predicted octanol–water partition coefficient (Wildman–Crippen LogP) is 4.49. The number of hydrogen-bond donors (Lipinski definition) is 1. The molecule has 0 spiro atoms. The molecule has 0 saturated carbocycles. The normalized spacial score (nSPS) is 14.9. The number of piperidine rings is 1. The van der Waals surface area contributed by atoms with E-state index < -0.39 is 0 Å². The number of aromatic nitrogens is 1. The minimum atomic E-state index is 0.611. The maximum Gasteiger partial charge on any atom is 0.175 e. The van der Waals surface area contributed by atoms with Crippen molar-refractivity contribution < 1.29 is 9.26 Å². The summed E-state index contributed by atoms with van der Waals surface area (Å²) < 4.78 is 12.0. The highest BCUT2D eigenvalue weighted by Crippen LogP contribution is 2.34. The maximum atomic E-state index is 8.99. The average molecular weight is 405 g/mol. The first-order chi connectivity index (χ1) is 14.6. The monoisotopic (exact) mass is 404 g/mol. The first-order valence-electron chi connectivity index (χ1n) is 10.6. The van der Waals surface area contributed by atoms with Gasteiger partial charge in [-0.1, -0.05) is 5.16 Å². The lowest BCUT2D eigenvalue weighted by Crippen LogP contribution is -2.27. The second-order valence-corrected chi connectivity index (χ2v) is 8.26. The molecule has 1 aliphatic heterocycles. The third-order valence-electron chi connectivity index (χ3n) is 5.71. The van der Waals surface area contributed by atoms with Crippen LogP contribution < -0.4 is 10.1 Å². The van der Waals surface area contributed by atoms with Gasteiger partial charge in [0.05, 0.1) is 22.9 Å². The van der Waals surface area contributed by atoms with Gasteiger partial charge >= 0.3 is 0 Å². The van der Waals surface area contributed by atoms with Crippen LogP contribution in [0.15, 0.2) is 40.9 Å². The Morgan fingerprint density at radius 1 is 1.17 bits per heavy atom. The number of aryl methyl sites for hydroxylation is 1. The van der Waals surface area contributed by atoms with E-state index >= 15 is 0 Å². The van der Waals surface area contributed by atoms with Crippen LogP contribution in [0.1, 0.15) is 36.1 Å². The van der Waals surface area contributed by atoms with Gasteiger partial charge in [0.2, 0.25) is 0 Å². The van der Waals surface area contributed by atoms with E-state index in [-0.39, 0.29) is 0 Å². The summed E-state index contributed by atoms with van der Waals surface area (Å²) in [4.78, 5) is 2.09. The lowest BCUT2D eigenvalue weighted by molar-refractivity contribution is 0.349. The Kier molecular flexibility index (Phi) is 6.32. The zero-order valence-corrected chi connectivity index (χ0v) is 17.6. The number of nitrogens with one attached hydrogen (secondary N) is 1. The molecule has 1 saturated heterocycles. The molecule has 156 valence electrons. The smallest absolute Gasteiger partial charge is 0.175 e. The summed E-state index contributed by atoms with van der Waals surface area (Å²) >= 11 is 0. The number of nitriles is 1. The van der Waals surface area contributed by atoms with Gasteiger partial charge in [0.15, 0.2) is 5.58 Å². The second-order valence-electron chi connectivity index (χ2n) is 8.26. The van der Waals surface area contributed by atoms with Crippen LogP contribution in [0.3, 0.4) is 0 Å². The number of hydrogen-bond acceptors (Lipinski definition) is 6. The van der Waals surface area contributed by atoms with Gasteiger partial charge < -0.3 is 19.5 Å². The zero-order chi connectivity index (χ0) is 20.9. The fraction of sp³-hybridized carbons (Fsp3) is 0.417. The molecule has 0 unspecified atom stereocenters. The summed E-state index contributed by atoms with van der Waals surface area (Å²) in [5, 5.41) is 17.9. The molecule has 0 aliphatic carbocycles. The fourth-order valence-corrected chi connectivity index (χ4v) is 4.07. The summed E-state index contributed by atoms with van der Waals surface area (Å²) in [6.45, 7) is 2.92. The van der Waals surface area contributed by atoms with Gasteiger partial charge in [0.1, 0.15) is 11.5 Å². The highest BCUT2D eigenvalue weighted by Gasteiger charge is 2.20. The van der Waals surface area contributed by atoms with Crippen LogP contribution in [0.5, 0.6) is 11.5 Å². The van der Waals surface area contributed by atoms with Crippen molar-refractivity contribution in [2.24, 2.45) is 5.92 Å². The molecule has 3 aromatic rings. The highest BCUT2D eigenvalue weighted by molar-refractivity contribution is 5.84. The van der Waals surface area contributed by atoms with Gasteiger partial charge in [-0.25, -0.2) is 0 Å². The van der Waals surface area contributed by atoms with Crippen LogP contribution in [-0.2, 0) is 13.0 Å². The van der Waals surface area contributed by atoms with Crippen LogP contribution in [0.2, 0.25) is 0 Å². The average Bonchev–Trinajstić information content (AvgIpc) is 3.18. The Bertz CT molecular complexity index is 1030. The van der Waals surface area contributed by atoms with Crippen molar-refractivity contribution in [3.8, 4) is 17.6 Å². The number of nitrogens with zero attached hydrogens (tertiary/aromatic N) is 3. The van der Waals surface area contributed by atoms with E-state index in [9.17, 15) is 0 Å². The van der Waals surface area contributed by atoms with Crippen LogP contribution in [0.4, 0.5) is 0 Å². The molecule has 6 nitrogen and oxygen atoms in total. The molecule has 2 aromatic carbocycles. The summed E-state index contributed by atoms with van der Waals surface area (Å²) in [5.41, 5.74) is 3.44.